The number of anilines is 1. The van der Waals surface area contributed by atoms with Crippen LogP contribution in [-0.2, 0) is 9.53 Å². The Bertz CT molecular complexity index is 823. The number of carbonyl (C=O) groups is 1. The third-order valence-electron chi connectivity index (χ3n) is 4.46. The first-order chi connectivity index (χ1) is 12.1. The molecule has 0 bridgehead atoms. The zero-order chi connectivity index (χ0) is 17.4. The molecule has 0 aromatic carbocycles. The zero-order valence-corrected chi connectivity index (χ0v) is 14.3. The van der Waals surface area contributed by atoms with Gasteiger partial charge in [0.1, 0.15) is 11.9 Å². The Hall–Kier alpha value is -2.74. The average molecular weight is 340 g/mol. The third kappa shape index (κ3) is 2.78. The summed E-state index contributed by atoms with van der Waals surface area (Å²) in [6.07, 6.45) is 1.73. The summed E-state index contributed by atoms with van der Waals surface area (Å²) in [4.78, 5) is 24.0. The van der Waals surface area contributed by atoms with Crippen molar-refractivity contribution in [2.75, 3.05) is 31.6 Å². The summed E-state index contributed by atoms with van der Waals surface area (Å²) in [6, 6.07) is 5.29. The van der Waals surface area contributed by atoms with Gasteiger partial charge in [-0.2, -0.15) is 10.1 Å². The van der Waals surface area contributed by atoms with Crippen molar-refractivity contribution >= 4 is 11.9 Å². The second-order valence-electron chi connectivity index (χ2n) is 6.15. The van der Waals surface area contributed by atoms with Crippen LogP contribution in [0.4, 0.5) is 5.95 Å². The highest BCUT2D eigenvalue weighted by molar-refractivity contribution is 5.96. The fourth-order valence-electron chi connectivity index (χ4n) is 3.28. The molecule has 2 aliphatic heterocycles. The van der Waals surface area contributed by atoms with E-state index in [2.05, 4.69) is 20.4 Å². The lowest BCUT2D eigenvalue weighted by atomic mass is 9.98. The fraction of sp³-hybridized carbons (Fsp3) is 0.412. The van der Waals surface area contributed by atoms with Crippen molar-refractivity contribution in [2.24, 2.45) is 0 Å². The van der Waals surface area contributed by atoms with E-state index in [1.165, 1.54) is 0 Å². The summed E-state index contributed by atoms with van der Waals surface area (Å²) in [5.41, 5.74) is 2.20. The summed E-state index contributed by atoms with van der Waals surface area (Å²) in [7, 11) is 0. The summed E-state index contributed by atoms with van der Waals surface area (Å²) in [5, 5.41) is 7.71. The van der Waals surface area contributed by atoms with Crippen LogP contribution in [0, 0.1) is 6.92 Å². The van der Waals surface area contributed by atoms with Gasteiger partial charge in [-0.15, -0.1) is 0 Å². The van der Waals surface area contributed by atoms with Crippen LogP contribution in [0.25, 0.3) is 0 Å². The van der Waals surface area contributed by atoms with E-state index in [1.54, 1.807) is 10.9 Å². The molecule has 0 radical (unpaired) electrons. The SMILES string of the molecule is CC1=C(C(=O)N2CCOCC2)[C@@H](c2ccccn2)n2nc(C)nc2N1. The number of hydrogen-bond donors (Lipinski definition) is 1. The maximum absolute atomic E-state index is 13.2. The molecule has 0 aliphatic carbocycles. The van der Waals surface area contributed by atoms with E-state index in [0.29, 0.717) is 43.6 Å². The monoisotopic (exact) mass is 340 g/mol. The maximum atomic E-state index is 13.2. The molecule has 1 fully saturated rings. The molecule has 2 aromatic heterocycles. The lowest BCUT2D eigenvalue weighted by Crippen LogP contribution is -2.44. The van der Waals surface area contributed by atoms with Gasteiger partial charge in [0.05, 0.1) is 24.5 Å². The molecule has 1 N–H and O–H groups in total. The zero-order valence-electron chi connectivity index (χ0n) is 14.3. The Morgan fingerprint density at radius 1 is 1.28 bits per heavy atom. The molecule has 0 saturated carbocycles. The Labute approximate surface area is 145 Å². The largest absolute Gasteiger partial charge is 0.378 e. The standard InChI is InChI=1S/C17H20N6O2/c1-11-14(16(24)22-7-9-25-10-8-22)15(13-5-3-4-6-18-13)23-17(19-11)20-12(2)21-23/h3-6,15H,7-10H2,1-2H3,(H,19,20,21)/t15-/m1/s1. The summed E-state index contributed by atoms with van der Waals surface area (Å²) in [5.74, 6) is 1.27. The van der Waals surface area contributed by atoms with E-state index in [9.17, 15) is 4.79 Å². The second kappa shape index (κ2) is 6.29. The van der Waals surface area contributed by atoms with Gasteiger partial charge < -0.3 is 15.0 Å². The molecule has 130 valence electrons. The molecular weight excluding hydrogens is 320 g/mol. The molecule has 1 saturated heterocycles. The average Bonchev–Trinajstić information content (AvgIpc) is 3.01. The second-order valence-corrected chi connectivity index (χ2v) is 6.15. The number of nitrogens with one attached hydrogen (secondary N) is 1. The first-order valence-corrected chi connectivity index (χ1v) is 8.34. The van der Waals surface area contributed by atoms with Gasteiger partial charge >= 0.3 is 0 Å². The highest BCUT2D eigenvalue weighted by Crippen LogP contribution is 2.35. The molecule has 8 nitrogen and oxygen atoms in total. The number of ether oxygens (including phenoxy) is 1. The number of carbonyl (C=O) groups excluding carboxylic acids is 1. The van der Waals surface area contributed by atoms with Crippen LogP contribution in [-0.4, -0.2) is 56.9 Å². The smallest absolute Gasteiger partial charge is 0.254 e. The highest BCUT2D eigenvalue weighted by atomic mass is 16.5. The van der Waals surface area contributed by atoms with Gasteiger partial charge in [-0.05, 0) is 26.0 Å². The van der Waals surface area contributed by atoms with E-state index in [1.807, 2.05) is 36.9 Å². The number of amides is 1. The topological polar surface area (TPSA) is 85.2 Å². The molecule has 4 rings (SSSR count). The lowest BCUT2D eigenvalue weighted by molar-refractivity contribution is -0.131. The minimum Gasteiger partial charge on any atom is -0.378 e. The number of morpholine rings is 1. The predicted molar refractivity (Wildman–Crippen MR) is 90.9 cm³/mol. The molecule has 25 heavy (non-hydrogen) atoms. The predicted octanol–water partition coefficient (Wildman–Crippen LogP) is 1.13. The van der Waals surface area contributed by atoms with Gasteiger partial charge in [-0.3, -0.25) is 9.78 Å². The van der Waals surface area contributed by atoms with Crippen LogP contribution < -0.4 is 5.32 Å². The van der Waals surface area contributed by atoms with Crippen molar-refractivity contribution < 1.29 is 9.53 Å². The van der Waals surface area contributed by atoms with Crippen molar-refractivity contribution in [1.29, 1.82) is 0 Å². The quantitative estimate of drug-likeness (QED) is 0.882. The van der Waals surface area contributed by atoms with Crippen LogP contribution in [0.15, 0.2) is 35.7 Å². The fourth-order valence-corrected chi connectivity index (χ4v) is 3.28. The number of hydrogen-bond acceptors (Lipinski definition) is 6. The lowest BCUT2D eigenvalue weighted by Gasteiger charge is -2.33. The van der Waals surface area contributed by atoms with Crippen LogP contribution in [0.3, 0.4) is 0 Å². The van der Waals surface area contributed by atoms with Gasteiger partial charge in [0.2, 0.25) is 5.95 Å². The Morgan fingerprint density at radius 3 is 2.80 bits per heavy atom. The Kier molecular flexibility index (Phi) is 3.96. The van der Waals surface area contributed by atoms with Crippen molar-refractivity contribution in [2.45, 2.75) is 19.9 Å². The van der Waals surface area contributed by atoms with Gasteiger partial charge in [0.15, 0.2) is 0 Å². The number of aryl methyl sites for hydroxylation is 1. The molecule has 2 aliphatic rings. The van der Waals surface area contributed by atoms with Crippen molar-refractivity contribution in [1.82, 2.24) is 24.6 Å². The van der Waals surface area contributed by atoms with Gasteiger partial charge in [-0.1, -0.05) is 6.07 Å². The van der Waals surface area contributed by atoms with E-state index in [4.69, 9.17) is 4.74 Å². The van der Waals surface area contributed by atoms with Gasteiger partial charge in [0, 0.05) is 25.0 Å². The van der Waals surface area contributed by atoms with Crippen LogP contribution >= 0.6 is 0 Å². The summed E-state index contributed by atoms with van der Waals surface area (Å²) < 4.78 is 7.12. The van der Waals surface area contributed by atoms with Gasteiger partial charge in [0.25, 0.3) is 5.91 Å². The number of fused-ring (bicyclic) bond motifs is 1. The van der Waals surface area contributed by atoms with E-state index >= 15 is 0 Å². The van der Waals surface area contributed by atoms with Crippen molar-refractivity contribution in [3.05, 3.63) is 47.2 Å². The van der Waals surface area contributed by atoms with Crippen molar-refractivity contribution in [3.63, 3.8) is 0 Å². The van der Waals surface area contributed by atoms with Crippen LogP contribution in [0.2, 0.25) is 0 Å². The molecule has 0 unspecified atom stereocenters. The minimum absolute atomic E-state index is 0.0113. The van der Waals surface area contributed by atoms with E-state index in [-0.39, 0.29) is 5.91 Å². The molecule has 1 amide bonds. The number of aromatic nitrogens is 4. The van der Waals surface area contributed by atoms with E-state index < -0.39 is 6.04 Å². The van der Waals surface area contributed by atoms with E-state index in [0.717, 1.165) is 11.4 Å². The minimum atomic E-state index is -0.394. The number of nitrogens with zero attached hydrogens (tertiary/aromatic N) is 5. The number of rotatable bonds is 2. The summed E-state index contributed by atoms with van der Waals surface area (Å²) in [6.45, 7) is 6.04. The first kappa shape index (κ1) is 15.8. The number of allylic oxidation sites excluding steroid dienone is 1. The van der Waals surface area contributed by atoms with Crippen LogP contribution in [0.5, 0.6) is 0 Å². The molecule has 8 heteroatoms. The highest BCUT2D eigenvalue weighted by Gasteiger charge is 2.36. The Morgan fingerprint density at radius 2 is 2.08 bits per heavy atom. The Balaban J connectivity index is 1.80. The first-order valence-electron chi connectivity index (χ1n) is 8.34. The molecule has 2 aromatic rings. The summed E-state index contributed by atoms with van der Waals surface area (Å²) >= 11 is 0. The van der Waals surface area contributed by atoms with Crippen LogP contribution in [0.1, 0.15) is 24.5 Å². The molecule has 4 heterocycles. The normalized spacial score (nSPS) is 20.2. The van der Waals surface area contributed by atoms with Gasteiger partial charge in [-0.25, -0.2) is 4.68 Å². The molecule has 0 spiro atoms. The third-order valence-corrected chi connectivity index (χ3v) is 4.46. The maximum Gasteiger partial charge on any atom is 0.254 e. The molecule has 1 atom stereocenters. The number of pyridine rings is 1. The van der Waals surface area contributed by atoms with Crippen molar-refractivity contribution in [3.8, 4) is 0 Å². The molecular formula is C17H20N6O2.